The van der Waals surface area contributed by atoms with Crippen molar-refractivity contribution in [2.24, 2.45) is 0 Å². The van der Waals surface area contributed by atoms with E-state index in [0.717, 1.165) is 22.7 Å². The Kier molecular flexibility index (Phi) is 9.78. The van der Waals surface area contributed by atoms with Crippen LogP contribution < -0.4 is 0 Å². The van der Waals surface area contributed by atoms with E-state index in [1.807, 2.05) is 36.5 Å². The van der Waals surface area contributed by atoms with E-state index < -0.39 is 0 Å². The molecule has 0 unspecified atom stereocenters. The van der Waals surface area contributed by atoms with Crippen molar-refractivity contribution in [1.29, 1.82) is 0 Å². The summed E-state index contributed by atoms with van der Waals surface area (Å²) in [7, 11) is 0. The largest absolute Gasteiger partial charge is 0.298 e. The standard InChI is InChI=1S/C10H8N2O.C7H5BrO.C3H8/c13-8-9-3-1-4-10(7-9)12-6-2-5-11-12;8-7-3-1-2-6(4-7)5-9;1-3-2/h1-8H;1-5H;3H2,1-2H3. The van der Waals surface area contributed by atoms with Gasteiger partial charge in [-0.1, -0.05) is 60.5 Å². The molecule has 0 amide bonds. The van der Waals surface area contributed by atoms with Crippen LogP contribution in [0.3, 0.4) is 0 Å². The number of hydrogen-bond donors (Lipinski definition) is 0. The lowest BCUT2D eigenvalue weighted by Crippen LogP contribution is -1.94. The Bertz CT molecular complexity index is 771. The Hall–Kier alpha value is -2.53. The van der Waals surface area contributed by atoms with E-state index in [4.69, 9.17) is 0 Å². The van der Waals surface area contributed by atoms with Crippen molar-refractivity contribution in [3.8, 4) is 5.69 Å². The highest BCUT2D eigenvalue weighted by molar-refractivity contribution is 9.10. The Morgan fingerprint density at radius 1 is 0.960 bits per heavy atom. The first kappa shape index (κ1) is 20.5. The summed E-state index contributed by atoms with van der Waals surface area (Å²) in [5.41, 5.74) is 2.26. The maximum atomic E-state index is 10.5. The molecule has 0 radical (unpaired) electrons. The van der Waals surface area contributed by atoms with Crippen molar-refractivity contribution in [2.45, 2.75) is 20.3 Å². The number of carbonyl (C=O) groups excluding carboxylic acids is 2. The van der Waals surface area contributed by atoms with Crippen LogP contribution in [-0.2, 0) is 0 Å². The predicted octanol–water partition coefficient (Wildman–Crippen LogP) is 5.36. The number of hydrogen-bond acceptors (Lipinski definition) is 3. The molecule has 0 fully saturated rings. The van der Waals surface area contributed by atoms with Gasteiger partial charge in [-0.3, -0.25) is 9.59 Å². The first-order chi connectivity index (χ1) is 12.1. The van der Waals surface area contributed by atoms with Crippen LogP contribution in [0.1, 0.15) is 41.0 Å². The third kappa shape index (κ3) is 7.72. The molecule has 5 heteroatoms. The minimum absolute atomic E-state index is 0.660. The normalized spacial score (nSPS) is 9.08. The van der Waals surface area contributed by atoms with E-state index >= 15 is 0 Å². The summed E-state index contributed by atoms with van der Waals surface area (Å²) in [5.74, 6) is 0. The quantitative estimate of drug-likeness (QED) is 0.555. The van der Waals surface area contributed by atoms with Gasteiger partial charge in [-0.15, -0.1) is 0 Å². The Morgan fingerprint density at radius 2 is 1.56 bits per heavy atom. The Labute approximate surface area is 156 Å². The molecule has 130 valence electrons. The SMILES string of the molecule is CCC.O=Cc1cccc(-n2cccn2)c1.O=Cc1cccc(Br)c1. The van der Waals surface area contributed by atoms with E-state index in [2.05, 4.69) is 34.9 Å². The smallest absolute Gasteiger partial charge is 0.150 e. The van der Waals surface area contributed by atoms with Gasteiger partial charge in [-0.05, 0) is 30.3 Å². The van der Waals surface area contributed by atoms with Gasteiger partial charge in [0.2, 0.25) is 0 Å². The van der Waals surface area contributed by atoms with Crippen LogP contribution in [0.4, 0.5) is 0 Å². The molecule has 0 aliphatic carbocycles. The lowest BCUT2D eigenvalue weighted by molar-refractivity contribution is 0.111. The van der Waals surface area contributed by atoms with Crippen LogP contribution in [-0.4, -0.2) is 22.4 Å². The minimum Gasteiger partial charge on any atom is -0.298 e. The van der Waals surface area contributed by atoms with E-state index in [1.165, 1.54) is 6.42 Å². The van der Waals surface area contributed by atoms with Crippen LogP contribution >= 0.6 is 15.9 Å². The summed E-state index contributed by atoms with van der Waals surface area (Å²) < 4.78 is 2.65. The van der Waals surface area contributed by atoms with Crippen LogP contribution in [0.2, 0.25) is 0 Å². The number of aromatic nitrogens is 2. The molecule has 25 heavy (non-hydrogen) atoms. The molecule has 0 bridgehead atoms. The second-order valence-electron chi connectivity index (χ2n) is 5.04. The fraction of sp³-hybridized carbons (Fsp3) is 0.150. The molecule has 3 aromatic rings. The highest BCUT2D eigenvalue weighted by Crippen LogP contribution is 2.09. The molecule has 0 saturated carbocycles. The topological polar surface area (TPSA) is 52.0 Å². The lowest BCUT2D eigenvalue weighted by atomic mass is 10.2. The van der Waals surface area contributed by atoms with Gasteiger partial charge in [-0.2, -0.15) is 5.10 Å². The molecule has 0 aliphatic rings. The fourth-order valence-corrected chi connectivity index (χ4v) is 2.16. The molecule has 0 saturated heterocycles. The molecule has 1 aromatic heterocycles. The van der Waals surface area contributed by atoms with Gasteiger partial charge in [0.05, 0.1) is 5.69 Å². The zero-order valence-corrected chi connectivity index (χ0v) is 15.9. The van der Waals surface area contributed by atoms with Gasteiger partial charge in [0.25, 0.3) is 0 Å². The number of nitrogens with zero attached hydrogens (tertiary/aromatic N) is 2. The highest BCUT2D eigenvalue weighted by atomic mass is 79.9. The third-order valence-corrected chi connectivity index (χ3v) is 3.25. The average Bonchev–Trinajstić information content (AvgIpc) is 3.18. The molecule has 0 atom stereocenters. The Balaban J connectivity index is 0.000000228. The lowest BCUT2D eigenvalue weighted by Gasteiger charge is -2.00. The molecule has 3 rings (SSSR count). The van der Waals surface area contributed by atoms with Gasteiger partial charge in [0, 0.05) is 28.0 Å². The molecule has 0 spiro atoms. The van der Waals surface area contributed by atoms with E-state index in [1.54, 1.807) is 35.1 Å². The molecule has 4 nitrogen and oxygen atoms in total. The fourth-order valence-electron chi connectivity index (χ4n) is 1.74. The molecular formula is C20H21BrN2O2. The molecule has 1 heterocycles. The van der Waals surface area contributed by atoms with Crippen molar-refractivity contribution in [1.82, 2.24) is 9.78 Å². The van der Waals surface area contributed by atoms with Crippen LogP contribution in [0.5, 0.6) is 0 Å². The highest BCUT2D eigenvalue weighted by Gasteiger charge is 1.96. The second-order valence-corrected chi connectivity index (χ2v) is 5.96. The zero-order chi connectivity index (χ0) is 18.5. The van der Waals surface area contributed by atoms with Gasteiger partial charge in [0.15, 0.2) is 0 Å². The van der Waals surface area contributed by atoms with Crippen LogP contribution in [0, 0.1) is 0 Å². The average molecular weight is 401 g/mol. The van der Waals surface area contributed by atoms with Crippen molar-refractivity contribution < 1.29 is 9.59 Å². The third-order valence-electron chi connectivity index (χ3n) is 2.76. The Morgan fingerprint density at radius 3 is 2.04 bits per heavy atom. The van der Waals surface area contributed by atoms with Crippen LogP contribution in [0.25, 0.3) is 5.69 Å². The monoisotopic (exact) mass is 400 g/mol. The minimum atomic E-state index is 0.660. The van der Waals surface area contributed by atoms with Crippen molar-refractivity contribution in [3.05, 3.63) is 82.6 Å². The molecular weight excluding hydrogens is 380 g/mol. The maximum absolute atomic E-state index is 10.5. The summed E-state index contributed by atoms with van der Waals surface area (Å²) >= 11 is 3.24. The van der Waals surface area contributed by atoms with Crippen molar-refractivity contribution in [3.63, 3.8) is 0 Å². The molecule has 0 N–H and O–H groups in total. The maximum Gasteiger partial charge on any atom is 0.150 e. The van der Waals surface area contributed by atoms with Gasteiger partial charge < -0.3 is 0 Å². The summed E-state index contributed by atoms with van der Waals surface area (Å²) in [5, 5.41) is 4.06. The molecule has 2 aromatic carbocycles. The van der Waals surface area contributed by atoms with Crippen LogP contribution in [0.15, 0.2) is 71.5 Å². The summed E-state index contributed by atoms with van der Waals surface area (Å²) in [6.45, 7) is 4.25. The van der Waals surface area contributed by atoms with Crippen molar-refractivity contribution >= 4 is 28.5 Å². The predicted molar refractivity (Wildman–Crippen MR) is 104 cm³/mol. The number of rotatable bonds is 3. The number of carbonyl (C=O) groups is 2. The van der Waals surface area contributed by atoms with Crippen molar-refractivity contribution in [2.75, 3.05) is 0 Å². The van der Waals surface area contributed by atoms with E-state index in [9.17, 15) is 9.59 Å². The van der Waals surface area contributed by atoms with Gasteiger partial charge >= 0.3 is 0 Å². The van der Waals surface area contributed by atoms with E-state index in [0.29, 0.717) is 11.1 Å². The number of halogens is 1. The second kappa shape index (κ2) is 11.9. The first-order valence-electron chi connectivity index (χ1n) is 7.90. The first-order valence-corrected chi connectivity index (χ1v) is 8.69. The number of aldehydes is 2. The van der Waals surface area contributed by atoms with E-state index in [-0.39, 0.29) is 0 Å². The van der Waals surface area contributed by atoms with Gasteiger partial charge in [0.1, 0.15) is 12.6 Å². The summed E-state index contributed by atoms with van der Waals surface area (Å²) in [6, 6.07) is 16.4. The van der Waals surface area contributed by atoms with Gasteiger partial charge in [-0.25, -0.2) is 4.68 Å². The summed E-state index contributed by atoms with van der Waals surface area (Å²) in [6.07, 6.45) is 6.44. The number of benzene rings is 2. The summed E-state index contributed by atoms with van der Waals surface area (Å²) in [4.78, 5) is 20.6. The zero-order valence-electron chi connectivity index (χ0n) is 14.3. The molecule has 0 aliphatic heterocycles.